The van der Waals surface area contributed by atoms with Crippen LogP contribution in [-0.4, -0.2) is 32.9 Å². The van der Waals surface area contributed by atoms with Gasteiger partial charge in [0, 0.05) is 20.3 Å². The summed E-state index contributed by atoms with van der Waals surface area (Å²) in [6, 6.07) is 5.19. The van der Waals surface area contributed by atoms with E-state index in [2.05, 4.69) is 0 Å². The Morgan fingerprint density at radius 1 is 1.00 bits per heavy atom. The zero-order valence-corrected chi connectivity index (χ0v) is 10.3. The van der Waals surface area contributed by atoms with Crippen molar-refractivity contribution in [3.8, 4) is 11.5 Å². The minimum Gasteiger partial charge on any atom is -0.467 e. The molecule has 5 heteroatoms. The average Bonchev–Trinajstić information content (AvgIpc) is 2.33. The molecule has 1 aromatic rings. The molecule has 1 aromatic carbocycles. The third-order valence-electron chi connectivity index (χ3n) is 2.07. The molecule has 0 bridgehead atoms. The molecular formula is C12H18O5. The molecule has 96 valence electrons. The Kier molecular flexibility index (Phi) is 5.76. The molecule has 1 rings (SSSR count). The van der Waals surface area contributed by atoms with Gasteiger partial charge in [-0.2, -0.15) is 0 Å². The molecular weight excluding hydrogens is 224 g/mol. The third kappa shape index (κ3) is 4.60. The third-order valence-corrected chi connectivity index (χ3v) is 2.07. The number of ether oxygens (including phenoxy) is 4. The number of benzene rings is 1. The zero-order chi connectivity index (χ0) is 12.7. The second-order valence-corrected chi connectivity index (χ2v) is 3.52. The van der Waals surface area contributed by atoms with Gasteiger partial charge in [0.15, 0.2) is 13.6 Å². The van der Waals surface area contributed by atoms with E-state index >= 15 is 0 Å². The van der Waals surface area contributed by atoms with Crippen molar-refractivity contribution in [2.75, 3.05) is 27.8 Å². The average molecular weight is 242 g/mol. The van der Waals surface area contributed by atoms with E-state index in [1.165, 1.54) is 0 Å². The van der Waals surface area contributed by atoms with Gasteiger partial charge in [0.05, 0.1) is 6.10 Å². The number of hydrogen-bond acceptors (Lipinski definition) is 5. The quantitative estimate of drug-likeness (QED) is 0.737. The number of methoxy groups -OCH3 is 2. The molecule has 0 heterocycles. The molecule has 17 heavy (non-hydrogen) atoms. The van der Waals surface area contributed by atoms with Gasteiger partial charge in [-0.1, -0.05) is 0 Å². The van der Waals surface area contributed by atoms with Gasteiger partial charge in [-0.3, -0.25) is 0 Å². The van der Waals surface area contributed by atoms with Gasteiger partial charge >= 0.3 is 0 Å². The van der Waals surface area contributed by atoms with Gasteiger partial charge in [0.2, 0.25) is 0 Å². The highest BCUT2D eigenvalue weighted by molar-refractivity contribution is 5.39. The number of hydrogen-bond donors (Lipinski definition) is 1. The number of aliphatic hydroxyl groups is 1. The number of rotatable bonds is 7. The van der Waals surface area contributed by atoms with Crippen molar-refractivity contribution in [3.63, 3.8) is 0 Å². The number of aliphatic hydroxyl groups excluding tert-OH is 1. The highest BCUT2D eigenvalue weighted by Crippen LogP contribution is 2.26. The molecule has 0 aromatic heterocycles. The van der Waals surface area contributed by atoms with Crippen molar-refractivity contribution in [1.29, 1.82) is 0 Å². The van der Waals surface area contributed by atoms with Crippen molar-refractivity contribution in [1.82, 2.24) is 0 Å². The molecule has 0 radical (unpaired) electrons. The van der Waals surface area contributed by atoms with Crippen LogP contribution in [0.3, 0.4) is 0 Å². The van der Waals surface area contributed by atoms with E-state index in [1.807, 2.05) is 0 Å². The first-order chi connectivity index (χ1) is 8.17. The fourth-order valence-electron chi connectivity index (χ4n) is 1.26. The van der Waals surface area contributed by atoms with Crippen LogP contribution >= 0.6 is 0 Å². The molecule has 0 saturated heterocycles. The van der Waals surface area contributed by atoms with Crippen molar-refractivity contribution >= 4 is 0 Å². The summed E-state index contributed by atoms with van der Waals surface area (Å²) in [6.07, 6.45) is -0.592. The van der Waals surface area contributed by atoms with Crippen LogP contribution in [0.25, 0.3) is 0 Å². The van der Waals surface area contributed by atoms with E-state index in [9.17, 15) is 5.11 Å². The standard InChI is InChI=1S/C12H18O5/c1-9(13)10-4-11(16-7-14-2)6-12(5-10)17-8-15-3/h4-6,9,13H,7-8H2,1-3H3. The molecule has 5 nitrogen and oxygen atoms in total. The minimum atomic E-state index is -0.592. The Morgan fingerprint density at radius 3 is 1.82 bits per heavy atom. The fourth-order valence-corrected chi connectivity index (χ4v) is 1.26. The lowest BCUT2D eigenvalue weighted by molar-refractivity contribution is 0.0456. The fraction of sp³-hybridized carbons (Fsp3) is 0.500. The maximum Gasteiger partial charge on any atom is 0.188 e. The molecule has 0 amide bonds. The van der Waals surface area contributed by atoms with Crippen LogP contribution in [0, 0.1) is 0 Å². The van der Waals surface area contributed by atoms with Gasteiger partial charge in [-0.15, -0.1) is 0 Å². The second-order valence-electron chi connectivity index (χ2n) is 3.52. The molecule has 1 unspecified atom stereocenters. The summed E-state index contributed by atoms with van der Waals surface area (Å²) in [6.45, 7) is 1.97. The predicted molar refractivity (Wildman–Crippen MR) is 62.1 cm³/mol. The van der Waals surface area contributed by atoms with Crippen LogP contribution in [0.5, 0.6) is 11.5 Å². The van der Waals surface area contributed by atoms with E-state index in [4.69, 9.17) is 18.9 Å². The molecule has 1 N–H and O–H groups in total. The Balaban J connectivity index is 2.84. The molecule has 1 atom stereocenters. The first-order valence-corrected chi connectivity index (χ1v) is 5.24. The Labute approximate surface area is 101 Å². The van der Waals surface area contributed by atoms with Crippen LogP contribution < -0.4 is 9.47 Å². The van der Waals surface area contributed by atoms with Crippen LogP contribution in [0.15, 0.2) is 18.2 Å². The van der Waals surface area contributed by atoms with Crippen molar-refractivity contribution in [2.45, 2.75) is 13.0 Å². The first kappa shape index (κ1) is 13.8. The summed E-state index contributed by atoms with van der Waals surface area (Å²) >= 11 is 0. The van der Waals surface area contributed by atoms with Crippen LogP contribution in [0.2, 0.25) is 0 Å². The molecule has 0 spiro atoms. The Bertz CT molecular complexity index is 311. The summed E-state index contributed by atoms with van der Waals surface area (Å²) < 4.78 is 20.3. The second kappa shape index (κ2) is 7.11. The summed E-state index contributed by atoms with van der Waals surface area (Å²) in [7, 11) is 3.09. The van der Waals surface area contributed by atoms with Crippen molar-refractivity contribution in [3.05, 3.63) is 23.8 Å². The smallest absolute Gasteiger partial charge is 0.188 e. The molecule has 0 aliphatic heterocycles. The molecule has 0 fully saturated rings. The van der Waals surface area contributed by atoms with Gasteiger partial charge in [0.1, 0.15) is 11.5 Å². The molecule has 0 aliphatic rings. The summed E-state index contributed by atoms with van der Waals surface area (Å²) in [5.41, 5.74) is 0.713. The largest absolute Gasteiger partial charge is 0.467 e. The summed E-state index contributed by atoms with van der Waals surface area (Å²) in [5.74, 6) is 1.16. The van der Waals surface area contributed by atoms with Gasteiger partial charge in [-0.25, -0.2) is 0 Å². The maximum atomic E-state index is 9.55. The predicted octanol–water partition coefficient (Wildman–Crippen LogP) is 1.71. The maximum absolute atomic E-state index is 9.55. The van der Waals surface area contributed by atoms with E-state index in [0.29, 0.717) is 17.1 Å². The lowest BCUT2D eigenvalue weighted by atomic mass is 10.1. The van der Waals surface area contributed by atoms with Crippen molar-refractivity contribution in [2.24, 2.45) is 0 Å². The SMILES string of the molecule is COCOc1cc(OCOC)cc(C(C)O)c1. The lowest BCUT2D eigenvalue weighted by Gasteiger charge is -2.12. The van der Waals surface area contributed by atoms with E-state index in [1.54, 1.807) is 39.3 Å². The van der Waals surface area contributed by atoms with E-state index < -0.39 is 6.10 Å². The van der Waals surface area contributed by atoms with Crippen LogP contribution in [0.1, 0.15) is 18.6 Å². The summed E-state index contributed by atoms with van der Waals surface area (Å²) in [4.78, 5) is 0. The summed E-state index contributed by atoms with van der Waals surface area (Å²) in [5, 5.41) is 9.55. The highest BCUT2D eigenvalue weighted by atomic mass is 16.7. The lowest BCUT2D eigenvalue weighted by Crippen LogP contribution is -2.03. The van der Waals surface area contributed by atoms with Gasteiger partial charge in [-0.05, 0) is 24.6 Å². The Morgan fingerprint density at radius 2 is 1.47 bits per heavy atom. The van der Waals surface area contributed by atoms with Gasteiger partial charge in [0.25, 0.3) is 0 Å². The normalized spacial score (nSPS) is 12.2. The topological polar surface area (TPSA) is 57.2 Å². The van der Waals surface area contributed by atoms with Gasteiger partial charge < -0.3 is 24.1 Å². The minimum absolute atomic E-state index is 0.146. The van der Waals surface area contributed by atoms with Crippen LogP contribution in [-0.2, 0) is 9.47 Å². The highest BCUT2D eigenvalue weighted by Gasteiger charge is 2.07. The van der Waals surface area contributed by atoms with E-state index in [0.717, 1.165) is 0 Å². The zero-order valence-electron chi connectivity index (χ0n) is 10.3. The first-order valence-electron chi connectivity index (χ1n) is 5.24. The molecule has 0 aliphatic carbocycles. The Hall–Kier alpha value is -1.30. The van der Waals surface area contributed by atoms with Crippen LogP contribution in [0.4, 0.5) is 0 Å². The monoisotopic (exact) mass is 242 g/mol. The molecule has 0 saturated carbocycles. The van der Waals surface area contributed by atoms with E-state index in [-0.39, 0.29) is 13.6 Å². The van der Waals surface area contributed by atoms with Crippen molar-refractivity contribution < 1.29 is 24.1 Å².